The largest absolute Gasteiger partial charge is 0.266 e. The van der Waals surface area contributed by atoms with Crippen LogP contribution in [0.4, 0.5) is 22.0 Å². The number of rotatable bonds is 7. The fraction of sp³-hybridized carbons (Fsp3) is 0.667. The second-order valence-electron chi connectivity index (χ2n) is 8.76. The zero-order chi connectivity index (χ0) is 20.8. The molecule has 5 heteroatoms. The molecular formula is C24H31F5. The van der Waals surface area contributed by atoms with Gasteiger partial charge in [0.05, 0.1) is 5.56 Å². The topological polar surface area (TPSA) is 0 Å². The summed E-state index contributed by atoms with van der Waals surface area (Å²) < 4.78 is 63.7. The summed E-state index contributed by atoms with van der Waals surface area (Å²) in [5, 5.41) is 0. The summed E-state index contributed by atoms with van der Waals surface area (Å²) >= 11 is 0. The summed E-state index contributed by atoms with van der Waals surface area (Å²) in [5.41, 5.74) is 0.338. The summed E-state index contributed by atoms with van der Waals surface area (Å²) in [6.07, 6.45) is 8.33. The molecule has 0 aliphatic heterocycles. The smallest absolute Gasteiger partial charge is 0.211 e. The highest BCUT2D eigenvalue weighted by Gasteiger charge is 2.31. The van der Waals surface area contributed by atoms with Gasteiger partial charge in [-0.05, 0) is 93.1 Å². The molecule has 0 heterocycles. The molecular weight excluding hydrogens is 383 g/mol. The van der Waals surface area contributed by atoms with E-state index in [1.54, 1.807) is 6.07 Å². The number of halogens is 5. The van der Waals surface area contributed by atoms with Crippen LogP contribution in [0.2, 0.25) is 0 Å². The lowest BCUT2D eigenvalue weighted by atomic mass is 9.68. The van der Waals surface area contributed by atoms with Gasteiger partial charge in [0.1, 0.15) is 5.82 Å². The average Bonchev–Trinajstić information content (AvgIpc) is 2.71. The van der Waals surface area contributed by atoms with E-state index >= 15 is 0 Å². The molecule has 0 radical (unpaired) electrons. The SMILES string of the molecule is Fc1cc(C2CCC([C@H]3CC[C@H](/C=C/CCC(F)F)CC3)CC2)ccc1C(F)F. The Hall–Kier alpha value is -1.39. The zero-order valence-electron chi connectivity index (χ0n) is 16.8. The average molecular weight is 415 g/mol. The van der Waals surface area contributed by atoms with Gasteiger partial charge in [-0.2, -0.15) is 0 Å². The van der Waals surface area contributed by atoms with Crippen LogP contribution in [0.25, 0.3) is 0 Å². The normalized spacial score (nSPS) is 28.5. The number of alkyl halides is 4. The Morgan fingerprint density at radius 3 is 2.03 bits per heavy atom. The van der Waals surface area contributed by atoms with E-state index in [4.69, 9.17) is 0 Å². The molecule has 2 fully saturated rings. The number of hydrogen-bond acceptors (Lipinski definition) is 0. The number of hydrogen-bond donors (Lipinski definition) is 0. The number of benzene rings is 1. The maximum atomic E-state index is 13.9. The summed E-state index contributed by atoms with van der Waals surface area (Å²) in [7, 11) is 0. The fourth-order valence-corrected chi connectivity index (χ4v) is 5.22. The Labute approximate surface area is 170 Å². The van der Waals surface area contributed by atoms with Crippen LogP contribution >= 0.6 is 0 Å². The minimum Gasteiger partial charge on any atom is -0.211 e. The number of allylic oxidation sites excluding steroid dienone is 2. The van der Waals surface area contributed by atoms with Crippen molar-refractivity contribution in [1.29, 1.82) is 0 Å². The highest BCUT2D eigenvalue weighted by atomic mass is 19.3. The molecule has 0 aromatic heterocycles. The highest BCUT2D eigenvalue weighted by Crippen LogP contribution is 2.44. The minimum absolute atomic E-state index is 0.0517. The predicted molar refractivity (Wildman–Crippen MR) is 106 cm³/mol. The van der Waals surface area contributed by atoms with Crippen LogP contribution < -0.4 is 0 Å². The first-order valence-electron chi connectivity index (χ1n) is 11.0. The first-order valence-corrected chi connectivity index (χ1v) is 11.0. The standard InChI is InChI=1S/C24H31F5/c25-22-15-20(13-14-21(22)24(28)29)19-11-9-18(10-12-19)17-7-5-16(6-8-17)3-1-2-4-23(26)27/h1,3,13-19,23-24H,2,4-12H2/b3-1+/t16-,17-,18?,19?. The van der Waals surface area contributed by atoms with E-state index in [2.05, 4.69) is 6.08 Å². The molecule has 0 saturated heterocycles. The van der Waals surface area contributed by atoms with Gasteiger partial charge in [0.15, 0.2) is 0 Å². The molecule has 0 bridgehead atoms. The van der Waals surface area contributed by atoms with E-state index < -0.39 is 24.2 Å². The molecule has 29 heavy (non-hydrogen) atoms. The lowest BCUT2D eigenvalue weighted by molar-refractivity contribution is 0.139. The van der Waals surface area contributed by atoms with Crippen molar-refractivity contribution in [1.82, 2.24) is 0 Å². The van der Waals surface area contributed by atoms with Crippen molar-refractivity contribution in [3.8, 4) is 0 Å². The van der Waals surface area contributed by atoms with Gasteiger partial charge in [0.25, 0.3) is 6.43 Å². The van der Waals surface area contributed by atoms with Crippen molar-refractivity contribution in [3.05, 3.63) is 47.3 Å². The van der Waals surface area contributed by atoms with Crippen LogP contribution in [-0.2, 0) is 0 Å². The summed E-state index contributed by atoms with van der Waals surface area (Å²) in [5.74, 6) is 1.41. The van der Waals surface area contributed by atoms with Gasteiger partial charge in [0, 0.05) is 6.42 Å². The minimum atomic E-state index is -2.77. The molecule has 0 amide bonds. The van der Waals surface area contributed by atoms with Crippen molar-refractivity contribution in [2.24, 2.45) is 17.8 Å². The van der Waals surface area contributed by atoms with Crippen LogP contribution in [0, 0.1) is 23.6 Å². The Morgan fingerprint density at radius 1 is 0.862 bits per heavy atom. The van der Waals surface area contributed by atoms with Crippen molar-refractivity contribution in [2.75, 3.05) is 0 Å². The second-order valence-corrected chi connectivity index (χ2v) is 8.76. The molecule has 2 saturated carbocycles. The van der Waals surface area contributed by atoms with Gasteiger partial charge in [-0.1, -0.05) is 24.3 Å². The van der Waals surface area contributed by atoms with Crippen LogP contribution in [0.15, 0.2) is 30.4 Å². The first kappa shape index (κ1) is 22.3. The monoisotopic (exact) mass is 414 g/mol. The molecule has 0 N–H and O–H groups in total. The van der Waals surface area contributed by atoms with E-state index in [0.717, 1.165) is 50.0 Å². The summed E-state index contributed by atoms with van der Waals surface area (Å²) in [6, 6.07) is 4.21. The molecule has 2 aliphatic rings. The Bertz CT molecular complexity index is 653. The van der Waals surface area contributed by atoms with Gasteiger partial charge >= 0.3 is 0 Å². The molecule has 2 aliphatic carbocycles. The van der Waals surface area contributed by atoms with E-state index in [9.17, 15) is 22.0 Å². The van der Waals surface area contributed by atoms with E-state index in [1.807, 2.05) is 6.08 Å². The van der Waals surface area contributed by atoms with Crippen molar-refractivity contribution in [3.63, 3.8) is 0 Å². The molecule has 0 spiro atoms. The van der Waals surface area contributed by atoms with Gasteiger partial charge < -0.3 is 0 Å². The first-order chi connectivity index (χ1) is 13.9. The summed E-state index contributed by atoms with van der Waals surface area (Å²) in [6.45, 7) is 0. The van der Waals surface area contributed by atoms with E-state index in [0.29, 0.717) is 18.3 Å². The lowest BCUT2D eigenvalue weighted by Crippen LogP contribution is -2.25. The zero-order valence-corrected chi connectivity index (χ0v) is 16.8. The Morgan fingerprint density at radius 2 is 1.48 bits per heavy atom. The van der Waals surface area contributed by atoms with Crippen LogP contribution in [0.5, 0.6) is 0 Å². The molecule has 0 nitrogen and oxygen atoms in total. The second kappa shape index (κ2) is 10.6. The molecule has 0 unspecified atom stereocenters. The van der Waals surface area contributed by atoms with Crippen molar-refractivity contribution in [2.45, 2.75) is 83.0 Å². The Balaban J connectivity index is 1.43. The van der Waals surface area contributed by atoms with Crippen LogP contribution in [0.3, 0.4) is 0 Å². The summed E-state index contributed by atoms with van der Waals surface area (Å²) in [4.78, 5) is 0. The van der Waals surface area contributed by atoms with Gasteiger partial charge in [-0.3, -0.25) is 0 Å². The van der Waals surface area contributed by atoms with E-state index in [1.165, 1.54) is 25.0 Å². The third kappa shape index (κ3) is 6.29. The highest BCUT2D eigenvalue weighted by molar-refractivity contribution is 5.28. The van der Waals surface area contributed by atoms with Gasteiger partial charge in [0.2, 0.25) is 6.43 Å². The maximum Gasteiger partial charge on any atom is 0.266 e. The van der Waals surface area contributed by atoms with Crippen LogP contribution in [0.1, 0.15) is 87.7 Å². The van der Waals surface area contributed by atoms with E-state index in [-0.39, 0.29) is 12.3 Å². The predicted octanol–water partition coefficient (Wildman–Crippen LogP) is 8.45. The quantitative estimate of drug-likeness (QED) is 0.310. The third-order valence-electron chi connectivity index (χ3n) is 6.95. The molecule has 1 aromatic rings. The van der Waals surface area contributed by atoms with Crippen molar-refractivity contribution < 1.29 is 22.0 Å². The molecule has 162 valence electrons. The van der Waals surface area contributed by atoms with Crippen LogP contribution in [-0.4, -0.2) is 6.43 Å². The lowest BCUT2D eigenvalue weighted by Gasteiger charge is -2.37. The third-order valence-corrected chi connectivity index (χ3v) is 6.95. The maximum absolute atomic E-state index is 13.9. The Kier molecular flexibility index (Phi) is 8.14. The molecule has 0 atom stereocenters. The fourth-order valence-electron chi connectivity index (χ4n) is 5.22. The van der Waals surface area contributed by atoms with Gasteiger partial charge in [-0.25, -0.2) is 22.0 Å². The molecule has 1 aromatic carbocycles. The van der Waals surface area contributed by atoms with Gasteiger partial charge in [-0.15, -0.1) is 0 Å². The van der Waals surface area contributed by atoms with Crippen molar-refractivity contribution >= 4 is 0 Å². The molecule has 3 rings (SSSR count).